The fourth-order valence-corrected chi connectivity index (χ4v) is 6.91. The van der Waals surface area contributed by atoms with Crippen LogP contribution in [-0.4, -0.2) is 46.5 Å². The van der Waals surface area contributed by atoms with E-state index in [9.17, 15) is 29.3 Å². The molecule has 0 unspecified atom stereocenters. The van der Waals surface area contributed by atoms with E-state index in [1.165, 1.54) is 17.0 Å². The van der Waals surface area contributed by atoms with E-state index in [0.717, 1.165) is 16.9 Å². The van der Waals surface area contributed by atoms with Gasteiger partial charge in [-0.2, -0.15) is 0 Å². The van der Waals surface area contributed by atoms with Crippen LogP contribution in [0.3, 0.4) is 0 Å². The Hall–Kier alpha value is -5.25. The molecule has 0 bridgehead atoms. The minimum absolute atomic E-state index is 0.0824. The van der Waals surface area contributed by atoms with Crippen LogP contribution in [0.4, 0.5) is 21.5 Å². The number of aromatic hydroxyl groups is 1. The molecule has 0 aromatic heterocycles. The first kappa shape index (κ1) is 33.6. The number of carbonyl (C=O) groups excluding carboxylic acids is 2. The number of ether oxygens (including phenoxy) is 1. The maximum Gasteiger partial charge on any atom is 0.238 e. The predicted molar refractivity (Wildman–Crippen MR) is 187 cm³/mol. The SMILES string of the molecule is C/C(=C\c1ccc(O)c(F)c1)CC[C@@H](O)C1=C(COc2ccccc2)C[C@H]2C(=O)N(c3ccc(Nc4ccccc4)cc3)C(=O)[C@H]2[C@H]1CO. The molecule has 4 aromatic carbocycles. The van der Waals surface area contributed by atoms with Gasteiger partial charge >= 0.3 is 0 Å². The van der Waals surface area contributed by atoms with E-state index in [-0.39, 0.29) is 25.4 Å². The van der Waals surface area contributed by atoms with Crippen LogP contribution < -0.4 is 15.0 Å². The number of amides is 2. The number of imide groups is 1. The Kier molecular flexibility index (Phi) is 10.2. The van der Waals surface area contributed by atoms with Gasteiger partial charge in [-0.15, -0.1) is 0 Å². The van der Waals surface area contributed by atoms with Gasteiger partial charge in [0.05, 0.1) is 30.2 Å². The lowest BCUT2D eigenvalue weighted by molar-refractivity contribution is -0.123. The van der Waals surface area contributed by atoms with E-state index in [2.05, 4.69) is 5.32 Å². The van der Waals surface area contributed by atoms with Crippen LogP contribution in [0, 0.1) is 23.6 Å². The van der Waals surface area contributed by atoms with Gasteiger partial charge < -0.3 is 25.4 Å². The number of para-hydroxylation sites is 2. The third-order valence-electron chi connectivity index (χ3n) is 9.28. The zero-order valence-corrected chi connectivity index (χ0v) is 27.1. The summed E-state index contributed by atoms with van der Waals surface area (Å²) in [6, 6.07) is 30.0. The van der Waals surface area contributed by atoms with Crippen LogP contribution in [0.5, 0.6) is 11.5 Å². The van der Waals surface area contributed by atoms with Gasteiger partial charge in [0.15, 0.2) is 11.6 Å². The average Bonchev–Trinajstić information content (AvgIpc) is 3.36. The molecule has 0 saturated carbocycles. The van der Waals surface area contributed by atoms with Crippen molar-refractivity contribution in [3.8, 4) is 11.5 Å². The van der Waals surface area contributed by atoms with Crippen molar-refractivity contribution >= 4 is 35.0 Å². The summed E-state index contributed by atoms with van der Waals surface area (Å²) in [5, 5.41) is 35.3. The summed E-state index contributed by atoms with van der Waals surface area (Å²) in [5.74, 6) is -3.64. The van der Waals surface area contributed by atoms with Gasteiger partial charge in [0.1, 0.15) is 12.4 Å². The third kappa shape index (κ3) is 7.43. The molecule has 0 spiro atoms. The largest absolute Gasteiger partial charge is 0.505 e. The minimum atomic E-state index is -1.03. The minimum Gasteiger partial charge on any atom is -0.505 e. The van der Waals surface area contributed by atoms with Gasteiger partial charge in [0.2, 0.25) is 11.8 Å². The summed E-state index contributed by atoms with van der Waals surface area (Å²) in [6.07, 6.45) is 1.66. The number of anilines is 3. The van der Waals surface area contributed by atoms with Gasteiger partial charge in [-0.05, 0) is 104 Å². The van der Waals surface area contributed by atoms with Crippen molar-refractivity contribution in [2.45, 2.75) is 32.3 Å². The number of fused-ring (bicyclic) bond motifs is 1. The van der Waals surface area contributed by atoms with E-state index in [1.807, 2.05) is 79.7 Å². The molecule has 9 heteroatoms. The molecule has 4 N–H and O–H groups in total. The third-order valence-corrected chi connectivity index (χ3v) is 9.28. The second kappa shape index (κ2) is 14.9. The standard InChI is InChI=1S/C40H39FN2O6/c1-25(20-26-13-19-35(45)34(41)21-26)12-18-36(46)37-27(24-49-31-10-6-3-7-11-31)22-32-38(33(37)23-44)40(48)43(39(32)47)30-16-14-29(15-17-30)42-28-8-4-2-5-9-28/h2-11,13-17,19-21,32-33,36,38,42,44-46H,12,18,22-24H2,1H3/b25-20+/t32-,33+,36-,38-/m1/s1. The second-order valence-electron chi connectivity index (χ2n) is 12.6. The van der Waals surface area contributed by atoms with Crippen molar-refractivity contribution in [3.63, 3.8) is 0 Å². The molecule has 1 aliphatic carbocycles. The summed E-state index contributed by atoms with van der Waals surface area (Å²) in [4.78, 5) is 29.2. The second-order valence-corrected chi connectivity index (χ2v) is 12.6. The van der Waals surface area contributed by atoms with Gasteiger partial charge in [-0.1, -0.05) is 54.1 Å². The number of nitrogens with one attached hydrogen (secondary N) is 1. The van der Waals surface area contributed by atoms with Crippen LogP contribution in [0.15, 0.2) is 120 Å². The number of hydrogen-bond acceptors (Lipinski definition) is 7. The molecular formula is C40H39FN2O6. The molecule has 4 aromatic rings. The molecule has 2 aliphatic rings. The van der Waals surface area contributed by atoms with E-state index in [4.69, 9.17) is 4.74 Å². The van der Waals surface area contributed by atoms with Crippen molar-refractivity contribution in [2.24, 2.45) is 17.8 Å². The summed E-state index contributed by atoms with van der Waals surface area (Å²) < 4.78 is 20.0. The normalized spacial score (nSPS) is 20.0. The molecule has 1 saturated heterocycles. The smallest absolute Gasteiger partial charge is 0.238 e. The number of aliphatic hydroxyl groups excluding tert-OH is 2. The molecule has 49 heavy (non-hydrogen) atoms. The Morgan fingerprint density at radius 1 is 0.959 bits per heavy atom. The highest BCUT2D eigenvalue weighted by atomic mass is 19.1. The fourth-order valence-electron chi connectivity index (χ4n) is 6.91. The zero-order valence-electron chi connectivity index (χ0n) is 27.1. The van der Waals surface area contributed by atoms with Crippen LogP contribution in [0.25, 0.3) is 6.08 Å². The Morgan fingerprint density at radius 3 is 2.31 bits per heavy atom. The number of phenols is 1. The number of nitrogens with zero attached hydrogens (tertiary/aromatic N) is 1. The Balaban J connectivity index is 1.25. The molecule has 8 nitrogen and oxygen atoms in total. The monoisotopic (exact) mass is 662 g/mol. The number of phenolic OH excluding ortho intramolecular Hbond substituents is 1. The Morgan fingerprint density at radius 2 is 1.63 bits per heavy atom. The van der Waals surface area contributed by atoms with Crippen LogP contribution in [-0.2, 0) is 9.59 Å². The first-order chi connectivity index (χ1) is 23.7. The lowest BCUT2D eigenvalue weighted by Crippen LogP contribution is -2.40. The highest BCUT2D eigenvalue weighted by Crippen LogP contribution is 2.47. The van der Waals surface area contributed by atoms with Crippen molar-refractivity contribution in [3.05, 3.63) is 131 Å². The quantitative estimate of drug-likeness (QED) is 0.0952. The topological polar surface area (TPSA) is 119 Å². The number of halogens is 1. The molecule has 2 amide bonds. The maximum atomic E-state index is 14.1. The van der Waals surface area contributed by atoms with Crippen molar-refractivity contribution in [1.29, 1.82) is 0 Å². The molecular weight excluding hydrogens is 623 g/mol. The first-order valence-electron chi connectivity index (χ1n) is 16.4. The van der Waals surface area contributed by atoms with Crippen molar-refractivity contribution in [1.82, 2.24) is 0 Å². The molecule has 1 heterocycles. The first-order valence-corrected chi connectivity index (χ1v) is 16.4. The van der Waals surface area contributed by atoms with E-state index < -0.39 is 47.9 Å². The van der Waals surface area contributed by atoms with Crippen LogP contribution in [0.1, 0.15) is 31.7 Å². The van der Waals surface area contributed by atoms with Crippen molar-refractivity contribution in [2.75, 3.05) is 23.4 Å². The lowest BCUT2D eigenvalue weighted by Gasteiger charge is -2.36. The number of hydrogen-bond donors (Lipinski definition) is 4. The summed E-state index contributed by atoms with van der Waals surface area (Å²) >= 11 is 0. The van der Waals surface area contributed by atoms with Gasteiger partial charge in [-0.3, -0.25) is 14.5 Å². The molecule has 252 valence electrons. The van der Waals surface area contributed by atoms with Crippen molar-refractivity contribution < 1.29 is 34.0 Å². The van der Waals surface area contributed by atoms with Gasteiger partial charge in [0.25, 0.3) is 0 Å². The predicted octanol–water partition coefficient (Wildman–Crippen LogP) is 7.01. The highest BCUT2D eigenvalue weighted by molar-refractivity contribution is 6.22. The lowest BCUT2D eigenvalue weighted by atomic mass is 9.68. The number of allylic oxidation sites excluding steroid dienone is 1. The van der Waals surface area contributed by atoms with Crippen LogP contribution in [0.2, 0.25) is 0 Å². The van der Waals surface area contributed by atoms with E-state index in [0.29, 0.717) is 34.6 Å². The molecule has 1 fully saturated rings. The Bertz CT molecular complexity index is 1860. The molecule has 0 radical (unpaired) electrons. The fraction of sp³-hybridized carbons (Fsp3) is 0.250. The van der Waals surface area contributed by atoms with E-state index in [1.54, 1.807) is 24.3 Å². The summed E-state index contributed by atoms with van der Waals surface area (Å²) in [7, 11) is 0. The maximum absolute atomic E-state index is 14.1. The zero-order chi connectivity index (χ0) is 34.5. The number of benzene rings is 4. The number of carbonyl (C=O) groups is 2. The number of rotatable bonds is 12. The highest BCUT2D eigenvalue weighted by Gasteiger charge is 2.55. The van der Waals surface area contributed by atoms with Gasteiger partial charge in [-0.25, -0.2) is 4.39 Å². The van der Waals surface area contributed by atoms with Gasteiger partial charge in [0, 0.05) is 17.3 Å². The summed E-state index contributed by atoms with van der Waals surface area (Å²) in [6.45, 7) is 1.51. The molecule has 1 aliphatic heterocycles. The average molecular weight is 663 g/mol. The van der Waals surface area contributed by atoms with Crippen LogP contribution >= 0.6 is 0 Å². The summed E-state index contributed by atoms with van der Waals surface area (Å²) in [5.41, 5.74) is 4.79. The van der Waals surface area contributed by atoms with E-state index >= 15 is 0 Å². The number of aliphatic hydroxyl groups is 2. The molecule has 6 rings (SSSR count). The Labute approximate surface area is 284 Å². The molecule has 4 atom stereocenters.